The molecule has 2 aromatic heterocycles. The Morgan fingerprint density at radius 1 is 1.18 bits per heavy atom. The summed E-state index contributed by atoms with van der Waals surface area (Å²) in [5.74, 6) is 3.29. The molecule has 1 aromatic carbocycles. The van der Waals surface area contributed by atoms with E-state index in [0.29, 0.717) is 12.3 Å². The number of carbonyl (C=O) groups is 1. The van der Waals surface area contributed by atoms with Crippen molar-refractivity contribution in [2.24, 2.45) is 11.8 Å². The minimum absolute atomic E-state index is 0.126. The fourth-order valence-electron chi connectivity index (χ4n) is 3.10. The second-order valence-electron chi connectivity index (χ2n) is 7.78. The molecule has 1 saturated carbocycles. The Hall–Kier alpha value is -3.02. The lowest BCUT2D eigenvalue weighted by molar-refractivity contribution is -0.117. The fourth-order valence-corrected chi connectivity index (χ4v) is 3.10. The maximum absolute atomic E-state index is 11.9. The van der Waals surface area contributed by atoms with Gasteiger partial charge in [-0.25, -0.2) is 9.97 Å². The van der Waals surface area contributed by atoms with Crippen LogP contribution in [0, 0.1) is 11.8 Å². The van der Waals surface area contributed by atoms with Gasteiger partial charge >= 0.3 is 0 Å². The molecule has 6 heteroatoms. The zero-order valence-electron chi connectivity index (χ0n) is 16.3. The van der Waals surface area contributed by atoms with Crippen LogP contribution in [0.5, 0.6) is 0 Å². The van der Waals surface area contributed by atoms with Crippen LogP contribution in [0.3, 0.4) is 0 Å². The second-order valence-corrected chi connectivity index (χ2v) is 7.78. The molecule has 1 amide bonds. The first-order chi connectivity index (χ1) is 13.6. The third-order valence-corrected chi connectivity index (χ3v) is 4.71. The molecule has 3 aromatic rings. The number of carbonyl (C=O) groups excluding carboxylic acids is 1. The highest BCUT2D eigenvalue weighted by atomic mass is 16.2. The molecule has 0 bridgehead atoms. The summed E-state index contributed by atoms with van der Waals surface area (Å²) in [6.07, 6.45) is 5.26. The molecule has 6 nitrogen and oxygen atoms in total. The lowest BCUT2D eigenvalue weighted by Gasteiger charge is -2.07. The van der Waals surface area contributed by atoms with Crippen molar-refractivity contribution in [2.75, 3.05) is 5.32 Å². The van der Waals surface area contributed by atoms with Gasteiger partial charge in [-0.3, -0.25) is 4.79 Å². The number of rotatable bonds is 7. The van der Waals surface area contributed by atoms with Crippen molar-refractivity contribution in [1.82, 2.24) is 19.7 Å². The van der Waals surface area contributed by atoms with Gasteiger partial charge in [0.15, 0.2) is 11.6 Å². The first kappa shape index (κ1) is 18.3. The number of hydrogen-bond donors (Lipinski definition) is 1. The maximum atomic E-state index is 11.9. The fraction of sp³-hybridized carbons (Fsp3) is 0.364. The number of anilines is 1. The molecule has 4 rings (SSSR count). The summed E-state index contributed by atoms with van der Waals surface area (Å²) in [5.41, 5.74) is 1.96. The number of nitrogens with zero attached hydrogens (tertiary/aromatic N) is 4. The van der Waals surface area contributed by atoms with E-state index in [4.69, 9.17) is 4.98 Å². The Labute approximate surface area is 165 Å². The molecule has 1 N–H and O–H groups in total. The standard InChI is InChI=1S/C22H25N5O/c1-15(2)13-19-25-21(27(26-19)20-5-3-4-12-23-20)14-16-6-10-18(11-7-16)24-22(28)17-8-9-17/h3-7,10-12,15,17H,8-9,13-14H2,1-2H3,(H,24,28). The quantitative estimate of drug-likeness (QED) is 0.682. The third-order valence-electron chi connectivity index (χ3n) is 4.71. The molecule has 1 aliphatic rings. The van der Waals surface area contributed by atoms with Gasteiger partial charge in [-0.2, -0.15) is 4.68 Å². The van der Waals surface area contributed by atoms with E-state index < -0.39 is 0 Å². The lowest BCUT2D eigenvalue weighted by Crippen LogP contribution is -2.13. The van der Waals surface area contributed by atoms with Gasteiger partial charge in [0.25, 0.3) is 0 Å². The van der Waals surface area contributed by atoms with Gasteiger partial charge < -0.3 is 5.32 Å². The zero-order chi connectivity index (χ0) is 19.5. The number of pyridine rings is 1. The summed E-state index contributed by atoms with van der Waals surface area (Å²) >= 11 is 0. The highest BCUT2D eigenvalue weighted by Gasteiger charge is 2.29. The van der Waals surface area contributed by atoms with Crippen LogP contribution in [0.4, 0.5) is 5.69 Å². The van der Waals surface area contributed by atoms with Crippen molar-refractivity contribution in [1.29, 1.82) is 0 Å². The average Bonchev–Trinajstić information content (AvgIpc) is 3.46. The van der Waals surface area contributed by atoms with Crippen LogP contribution < -0.4 is 5.32 Å². The number of nitrogens with one attached hydrogen (secondary N) is 1. The van der Waals surface area contributed by atoms with E-state index in [2.05, 4.69) is 29.2 Å². The highest BCUT2D eigenvalue weighted by Crippen LogP contribution is 2.30. The number of hydrogen-bond acceptors (Lipinski definition) is 4. The van der Waals surface area contributed by atoms with E-state index in [-0.39, 0.29) is 11.8 Å². The van der Waals surface area contributed by atoms with Gasteiger partial charge in [-0.05, 0) is 48.6 Å². The van der Waals surface area contributed by atoms with Crippen molar-refractivity contribution in [2.45, 2.75) is 39.5 Å². The molecular weight excluding hydrogens is 350 g/mol. The van der Waals surface area contributed by atoms with E-state index in [1.165, 1.54) is 0 Å². The van der Waals surface area contributed by atoms with Gasteiger partial charge in [0.1, 0.15) is 5.82 Å². The van der Waals surface area contributed by atoms with Crippen LogP contribution in [0.25, 0.3) is 5.82 Å². The minimum Gasteiger partial charge on any atom is -0.326 e. The molecule has 144 valence electrons. The Morgan fingerprint density at radius 3 is 2.61 bits per heavy atom. The van der Waals surface area contributed by atoms with E-state index in [1.807, 2.05) is 47.1 Å². The predicted octanol–water partition coefficient (Wildman–Crippen LogP) is 3.80. The van der Waals surface area contributed by atoms with E-state index in [0.717, 1.165) is 48.0 Å². The summed E-state index contributed by atoms with van der Waals surface area (Å²) in [6.45, 7) is 4.32. The molecule has 0 unspecified atom stereocenters. The summed E-state index contributed by atoms with van der Waals surface area (Å²) in [5, 5.41) is 7.66. The smallest absolute Gasteiger partial charge is 0.227 e. The van der Waals surface area contributed by atoms with Crippen LogP contribution in [0.2, 0.25) is 0 Å². The van der Waals surface area contributed by atoms with Crippen molar-refractivity contribution in [3.8, 4) is 5.82 Å². The first-order valence-electron chi connectivity index (χ1n) is 9.84. The topological polar surface area (TPSA) is 72.7 Å². The SMILES string of the molecule is CC(C)Cc1nc(Cc2ccc(NC(=O)C3CC3)cc2)n(-c2ccccn2)n1. The van der Waals surface area contributed by atoms with E-state index in [9.17, 15) is 4.79 Å². The van der Waals surface area contributed by atoms with Crippen LogP contribution in [0.1, 0.15) is 43.9 Å². The Kier molecular flexibility index (Phi) is 5.19. The van der Waals surface area contributed by atoms with Crippen LogP contribution in [-0.2, 0) is 17.6 Å². The summed E-state index contributed by atoms with van der Waals surface area (Å²) in [6, 6.07) is 13.7. The highest BCUT2D eigenvalue weighted by molar-refractivity contribution is 5.94. The van der Waals surface area contributed by atoms with Crippen molar-refractivity contribution in [3.05, 3.63) is 65.9 Å². The molecule has 0 aliphatic heterocycles. The van der Waals surface area contributed by atoms with Gasteiger partial charge in [0.05, 0.1) is 0 Å². The lowest BCUT2D eigenvalue weighted by atomic mass is 10.1. The van der Waals surface area contributed by atoms with Gasteiger partial charge in [-0.1, -0.05) is 32.0 Å². The van der Waals surface area contributed by atoms with Gasteiger partial charge in [0, 0.05) is 30.6 Å². The number of aromatic nitrogens is 4. The normalized spacial score (nSPS) is 13.7. The van der Waals surface area contributed by atoms with Crippen LogP contribution in [-0.4, -0.2) is 25.7 Å². The van der Waals surface area contributed by atoms with Crippen molar-refractivity contribution < 1.29 is 4.79 Å². The molecule has 0 saturated heterocycles. The second kappa shape index (κ2) is 7.92. The summed E-state index contributed by atoms with van der Waals surface area (Å²) in [4.78, 5) is 21.1. The molecule has 1 aliphatic carbocycles. The Balaban J connectivity index is 1.54. The van der Waals surface area contributed by atoms with Crippen LogP contribution >= 0.6 is 0 Å². The minimum atomic E-state index is 0.126. The number of amides is 1. The Bertz CT molecular complexity index is 943. The molecule has 0 radical (unpaired) electrons. The van der Waals surface area contributed by atoms with E-state index >= 15 is 0 Å². The molecule has 1 fully saturated rings. The molecule has 2 heterocycles. The molecule has 0 spiro atoms. The van der Waals surface area contributed by atoms with E-state index in [1.54, 1.807) is 6.20 Å². The number of benzene rings is 1. The van der Waals surface area contributed by atoms with Gasteiger partial charge in [0.2, 0.25) is 5.91 Å². The van der Waals surface area contributed by atoms with Gasteiger partial charge in [-0.15, -0.1) is 5.10 Å². The summed E-state index contributed by atoms with van der Waals surface area (Å²) in [7, 11) is 0. The van der Waals surface area contributed by atoms with Crippen molar-refractivity contribution in [3.63, 3.8) is 0 Å². The predicted molar refractivity (Wildman–Crippen MR) is 108 cm³/mol. The monoisotopic (exact) mass is 375 g/mol. The molecule has 0 atom stereocenters. The van der Waals surface area contributed by atoms with Crippen molar-refractivity contribution >= 4 is 11.6 Å². The molecule has 28 heavy (non-hydrogen) atoms. The third kappa shape index (κ3) is 4.44. The Morgan fingerprint density at radius 2 is 1.96 bits per heavy atom. The van der Waals surface area contributed by atoms with Crippen LogP contribution in [0.15, 0.2) is 48.7 Å². The first-order valence-corrected chi connectivity index (χ1v) is 9.84. The summed E-state index contributed by atoms with van der Waals surface area (Å²) < 4.78 is 1.83. The average molecular weight is 375 g/mol. The molecular formula is C22H25N5O. The largest absolute Gasteiger partial charge is 0.326 e. The zero-order valence-corrected chi connectivity index (χ0v) is 16.3. The maximum Gasteiger partial charge on any atom is 0.227 e.